The van der Waals surface area contributed by atoms with E-state index in [4.69, 9.17) is 16.3 Å². The number of halogens is 1. The minimum absolute atomic E-state index is 0.000408. The number of ether oxygens (including phenoxy) is 1. The van der Waals surface area contributed by atoms with Gasteiger partial charge in [-0.05, 0) is 50.3 Å². The van der Waals surface area contributed by atoms with Crippen LogP contribution in [0, 0.1) is 5.41 Å². The molecule has 0 bridgehead atoms. The zero-order chi connectivity index (χ0) is 29.1. The van der Waals surface area contributed by atoms with Crippen LogP contribution in [-0.4, -0.2) is 58.2 Å². The van der Waals surface area contributed by atoms with Gasteiger partial charge in [-0.1, -0.05) is 74.8 Å². The van der Waals surface area contributed by atoms with Crippen LogP contribution in [0.25, 0.3) is 11.1 Å². The van der Waals surface area contributed by atoms with E-state index in [0.29, 0.717) is 5.02 Å². The molecular formula is C30H40ClN3O5. The van der Waals surface area contributed by atoms with Gasteiger partial charge in [0.25, 0.3) is 0 Å². The van der Waals surface area contributed by atoms with Gasteiger partial charge in [0.1, 0.15) is 17.7 Å². The van der Waals surface area contributed by atoms with E-state index in [1.54, 1.807) is 20.8 Å². The van der Waals surface area contributed by atoms with E-state index in [2.05, 4.69) is 10.6 Å². The third-order valence-electron chi connectivity index (χ3n) is 6.59. The quantitative estimate of drug-likeness (QED) is 0.459. The maximum atomic E-state index is 13.7. The topological polar surface area (TPSA) is 108 Å². The van der Waals surface area contributed by atoms with Gasteiger partial charge >= 0.3 is 6.09 Å². The van der Waals surface area contributed by atoms with Crippen LogP contribution in [0.3, 0.4) is 0 Å². The van der Waals surface area contributed by atoms with Crippen LogP contribution < -0.4 is 10.6 Å². The molecule has 1 saturated heterocycles. The van der Waals surface area contributed by atoms with Crippen LogP contribution >= 0.6 is 11.6 Å². The Morgan fingerprint density at radius 1 is 1.00 bits per heavy atom. The number of carbonyl (C=O) groups is 3. The Kier molecular flexibility index (Phi) is 9.34. The molecule has 3 N–H and O–H groups in total. The molecule has 0 aromatic heterocycles. The summed E-state index contributed by atoms with van der Waals surface area (Å²) in [5, 5.41) is 16.7. The smallest absolute Gasteiger partial charge is 0.408 e. The Balaban J connectivity index is 1.73. The number of amides is 3. The summed E-state index contributed by atoms with van der Waals surface area (Å²) in [7, 11) is 0. The van der Waals surface area contributed by atoms with E-state index in [9.17, 15) is 19.5 Å². The molecule has 1 heterocycles. The van der Waals surface area contributed by atoms with Gasteiger partial charge in [0.05, 0.1) is 12.1 Å². The molecule has 212 valence electrons. The number of hydrogen-bond donors (Lipinski definition) is 3. The number of nitrogens with zero attached hydrogens (tertiary/aromatic N) is 1. The average Bonchev–Trinajstić information content (AvgIpc) is 3.22. The van der Waals surface area contributed by atoms with Crippen molar-refractivity contribution in [1.29, 1.82) is 0 Å². The second-order valence-electron chi connectivity index (χ2n) is 12.2. The van der Waals surface area contributed by atoms with Gasteiger partial charge in [-0.15, -0.1) is 0 Å². The maximum absolute atomic E-state index is 13.7. The van der Waals surface area contributed by atoms with E-state index >= 15 is 0 Å². The first-order valence-corrected chi connectivity index (χ1v) is 13.6. The van der Waals surface area contributed by atoms with Crippen LogP contribution in [0.4, 0.5) is 4.79 Å². The first kappa shape index (κ1) is 30.4. The molecule has 0 spiro atoms. The number of alkyl carbamates (subject to hydrolysis) is 1. The van der Waals surface area contributed by atoms with Gasteiger partial charge in [0.15, 0.2) is 0 Å². The van der Waals surface area contributed by atoms with Gasteiger partial charge in [0.2, 0.25) is 11.8 Å². The van der Waals surface area contributed by atoms with Crippen LogP contribution in [0.5, 0.6) is 0 Å². The van der Waals surface area contributed by atoms with E-state index < -0.39 is 41.2 Å². The lowest BCUT2D eigenvalue weighted by atomic mass is 9.85. The van der Waals surface area contributed by atoms with Gasteiger partial charge < -0.3 is 25.4 Å². The van der Waals surface area contributed by atoms with Gasteiger partial charge in [-0.25, -0.2) is 4.79 Å². The van der Waals surface area contributed by atoms with E-state index in [1.807, 2.05) is 76.2 Å². The molecule has 8 nitrogen and oxygen atoms in total. The molecule has 1 fully saturated rings. The number of benzene rings is 2. The maximum Gasteiger partial charge on any atom is 0.408 e. The lowest BCUT2D eigenvalue weighted by Crippen LogP contribution is -2.58. The Labute approximate surface area is 236 Å². The lowest BCUT2D eigenvalue weighted by molar-refractivity contribution is -0.142. The highest BCUT2D eigenvalue weighted by atomic mass is 35.5. The minimum Gasteiger partial charge on any atom is -0.444 e. The predicted molar refractivity (Wildman–Crippen MR) is 152 cm³/mol. The Morgan fingerprint density at radius 3 is 2.18 bits per heavy atom. The summed E-state index contributed by atoms with van der Waals surface area (Å²) in [6, 6.07) is 13.2. The monoisotopic (exact) mass is 557 g/mol. The van der Waals surface area contributed by atoms with Crippen molar-refractivity contribution >= 4 is 29.5 Å². The van der Waals surface area contributed by atoms with Crippen molar-refractivity contribution in [2.45, 2.75) is 84.7 Å². The first-order chi connectivity index (χ1) is 18.1. The number of β-amino-alcohol motifs (C(OH)–C–C–N with tert-alkyl or cyclic N) is 1. The molecule has 0 radical (unpaired) electrons. The summed E-state index contributed by atoms with van der Waals surface area (Å²) in [4.78, 5) is 40.9. The molecule has 0 unspecified atom stereocenters. The molecule has 2 aromatic rings. The number of nitrogens with one attached hydrogen (secondary N) is 2. The molecule has 2 aromatic carbocycles. The molecule has 1 aliphatic rings. The average molecular weight is 558 g/mol. The summed E-state index contributed by atoms with van der Waals surface area (Å²) in [5.74, 6) is -0.811. The van der Waals surface area contributed by atoms with Gasteiger partial charge in [-0.3, -0.25) is 9.59 Å². The molecule has 3 rings (SSSR count). The Bertz CT molecular complexity index is 1190. The van der Waals surface area contributed by atoms with Crippen molar-refractivity contribution in [2.75, 3.05) is 6.54 Å². The summed E-state index contributed by atoms with van der Waals surface area (Å²) < 4.78 is 5.36. The summed E-state index contributed by atoms with van der Waals surface area (Å²) in [6.07, 6.45) is -1.46. The number of aliphatic hydroxyl groups is 1. The van der Waals surface area contributed by atoms with Gasteiger partial charge in [-0.2, -0.15) is 0 Å². The normalized spacial score (nSPS) is 19.3. The first-order valence-electron chi connectivity index (χ1n) is 13.2. The zero-order valence-corrected chi connectivity index (χ0v) is 24.5. The van der Waals surface area contributed by atoms with E-state index in [0.717, 1.165) is 16.7 Å². The predicted octanol–water partition coefficient (Wildman–Crippen LogP) is 5.09. The largest absolute Gasteiger partial charge is 0.444 e. The zero-order valence-electron chi connectivity index (χ0n) is 23.7. The van der Waals surface area contributed by atoms with Crippen LogP contribution in [-0.2, 0) is 14.3 Å². The highest BCUT2D eigenvalue weighted by Gasteiger charge is 2.45. The minimum atomic E-state index is -0.956. The number of carbonyl (C=O) groups excluding carboxylic acids is 3. The number of rotatable bonds is 6. The highest BCUT2D eigenvalue weighted by Crippen LogP contribution is 2.30. The van der Waals surface area contributed by atoms with Crippen molar-refractivity contribution in [3.63, 3.8) is 0 Å². The Hall–Kier alpha value is -3.10. The standard InChI is InChI=1S/C30H40ClN3O5/c1-18(19-12-14-20(15-13-19)22-10-8-9-11-23(22)31)32-26(36)24-16-21(35)17-34(24)27(37)25(29(2,3)4)33-28(38)39-30(5,6)7/h8-15,18,21,24-25,35H,16-17H2,1-7H3,(H,32,36)(H,33,38)/t18-,21+,24-,25+/m0/s1. The van der Waals surface area contributed by atoms with Crippen molar-refractivity contribution < 1.29 is 24.2 Å². The third-order valence-corrected chi connectivity index (χ3v) is 6.92. The fraction of sp³-hybridized carbons (Fsp3) is 0.500. The van der Waals surface area contributed by atoms with Crippen LogP contribution in [0.2, 0.25) is 5.02 Å². The SMILES string of the molecule is C[C@H](NC(=O)[C@@H]1C[C@@H](O)CN1C(=O)[C@@H](NC(=O)OC(C)(C)C)C(C)(C)C)c1ccc(-c2ccccc2Cl)cc1. The second-order valence-corrected chi connectivity index (χ2v) is 12.6. The highest BCUT2D eigenvalue weighted by molar-refractivity contribution is 6.33. The van der Waals surface area contributed by atoms with Crippen molar-refractivity contribution in [2.24, 2.45) is 5.41 Å². The molecule has 1 aliphatic heterocycles. The second kappa shape index (κ2) is 12.0. The molecule has 3 amide bonds. The molecule has 39 heavy (non-hydrogen) atoms. The molecule has 4 atom stereocenters. The third kappa shape index (κ3) is 7.96. The molecule has 9 heteroatoms. The summed E-state index contributed by atoms with van der Waals surface area (Å²) in [5.41, 5.74) is 1.37. The van der Waals surface area contributed by atoms with Crippen LogP contribution in [0.15, 0.2) is 48.5 Å². The van der Waals surface area contributed by atoms with Crippen molar-refractivity contribution in [1.82, 2.24) is 15.5 Å². The van der Waals surface area contributed by atoms with Crippen molar-refractivity contribution in [3.05, 3.63) is 59.1 Å². The number of likely N-dealkylation sites (tertiary alicyclic amines) is 1. The molecular weight excluding hydrogens is 518 g/mol. The summed E-state index contributed by atoms with van der Waals surface area (Å²) in [6.45, 7) is 12.5. The fourth-order valence-electron chi connectivity index (χ4n) is 4.59. The van der Waals surface area contributed by atoms with Crippen molar-refractivity contribution in [3.8, 4) is 11.1 Å². The molecule has 0 aliphatic carbocycles. The summed E-state index contributed by atoms with van der Waals surface area (Å²) >= 11 is 6.32. The Morgan fingerprint density at radius 2 is 1.62 bits per heavy atom. The number of aliphatic hydroxyl groups excluding tert-OH is 1. The van der Waals surface area contributed by atoms with E-state index in [-0.39, 0.29) is 24.9 Å². The van der Waals surface area contributed by atoms with Gasteiger partial charge in [0, 0.05) is 23.6 Å². The fourth-order valence-corrected chi connectivity index (χ4v) is 4.83. The number of hydrogen-bond acceptors (Lipinski definition) is 5. The van der Waals surface area contributed by atoms with Crippen LogP contribution in [0.1, 0.15) is 66.5 Å². The van der Waals surface area contributed by atoms with E-state index in [1.165, 1.54) is 4.90 Å². The lowest BCUT2D eigenvalue weighted by Gasteiger charge is -2.35. The molecule has 0 saturated carbocycles.